The second-order valence-electron chi connectivity index (χ2n) is 4.23. The molecule has 0 spiro atoms. The van der Waals surface area contributed by atoms with Gasteiger partial charge in [0.15, 0.2) is 5.78 Å². The predicted octanol–water partition coefficient (Wildman–Crippen LogP) is 1.81. The quantitative estimate of drug-likeness (QED) is 0.716. The molecule has 1 N–H and O–H groups in total. The summed E-state index contributed by atoms with van der Waals surface area (Å²) in [5.41, 5.74) is 0.692. The van der Waals surface area contributed by atoms with Crippen molar-refractivity contribution in [2.45, 2.75) is 44.7 Å². The molecule has 2 rings (SSSR count). The summed E-state index contributed by atoms with van der Waals surface area (Å²) in [5.74, 6) is 0.00815. The molecule has 82 valence electrons. The maximum atomic E-state index is 11.4. The number of allylic oxidation sites excluding steroid dienone is 1. The second-order valence-corrected chi connectivity index (χ2v) is 4.23. The van der Waals surface area contributed by atoms with E-state index < -0.39 is 6.09 Å². The van der Waals surface area contributed by atoms with Crippen molar-refractivity contribution in [2.24, 2.45) is 0 Å². The third-order valence-corrected chi connectivity index (χ3v) is 3.35. The fraction of sp³-hybridized carbons (Fsp3) is 0.636. The third-order valence-electron chi connectivity index (χ3n) is 3.35. The Morgan fingerprint density at radius 2 is 2.13 bits per heavy atom. The van der Waals surface area contributed by atoms with Crippen LogP contribution in [0.4, 0.5) is 4.79 Å². The van der Waals surface area contributed by atoms with Crippen molar-refractivity contribution in [3.05, 3.63) is 11.6 Å². The van der Waals surface area contributed by atoms with Crippen LogP contribution in [0.3, 0.4) is 0 Å². The highest BCUT2D eigenvalue weighted by Gasteiger charge is 2.40. The minimum Gasteiger partial charge on any atom is -0.465 e. The summed E-state index contributed by atoms with van der Waals surface area (Å²) < 4.78 is 0. The van der Waals surface area contributed by atoms with Crippen LogP contribution >= 0.6 is 0 Å². The molecule has 4 nitrogen and oxygen atoms in total. The minimum atomic E-state index is -0.892. The molecule has 0 saturated carbocycles. The molecule has 0 radical (unpaired) electrons. The van der Waals surface area contributed by atoms with Gasteiger partial charge in [0.1, 0.15) is 0 Å². The molecular formula is C11H15NO3. The van der Waals surface area contributed by atoms with Gasteiger partial charge in [-0.2, -0.15) is 0 Å². The van der Waals surface area contributed by atoms with E-state index in [4.69, 9.17) is 5.11 Å². The first-order chi connectivity index (χ1) is 7.11. The number of nitrogens with zero attached hydrogens (tertiary/aromatic N) is 1. The normalized spacial score (nSPS) is 29.7. The first kappa shape index (κ1) is 10.2. The monoisotopic (exact) mass is 209 g/mol. The molecule has 15 heavy (non-hydrogen) atoms. The molecule has 0 aromatic carbocycles. The van der Waals surface area contributed by atoms with Crippen LogP contribution in [0.2, 0.25) is 0 Å². The van der Waals surface area contributed by atoms with Gasteiger partial charge in [0.25, 0.3) is 0 Å². The lowest BCUT2D eigenvalue weighted by Crippen LogP contribution is -2.41. The van der Waals surface area contributed by atoms with Gasteiger partial charge in [0.2, 0.25) is 0 Å². The zero-order valence-corrected chi connectivity index (χ0v) is 8.77. The Labute approximate surface area is 88.6 Å². The largest absolute Gasteiger partial charge is 0.465 e. The zero-order chi connectivity index (χ0) is 11.0. The van der Waals surface area contributed by atoms with Crippen LogP contribution in [0.1, 0.15) is 32.6 Å². The van der Waals surface area contributed by atoms with Gasteiger partial charge >= 0.3 is 6.09 Å². The molecule has 1 saturated heterocycles. The standard InChI is InChI=1S/C11H15NO3/c1-7(13)9-4-2-3-8-5-6-10(9)12(8)11(14)15/h4,8,10H,2-3,5-6H2,1H3,(H,14,15)/t8-,10-/m0/s1. The van der Waals surface area contributed by atoms with Gasteiger partial charge in [-0.1, -0.05) is 6.08 Å². The smallest absolute Gasteiger partial charge is 0.408 e. The van der Waals surface area contributed by atoms with Crippen LogP contribution in [0.25, 0.3) is 0 Å². The highest BCUT2D eigenvalue weighted by atomic mass is 16.4. The Bertz CT molecular complexity index is 335. The summed E-state index contributed by atoms with van der Waals surface area (Å²) in [7, 11) is 0. The van der Waals surface area contributed by atoms with E-state index in [1.54, 1.807) is 0 Å². The number of carboxylic acid groups (broad SMARTS) is 1. The number of amides is 1. The van der Waals surface area contributed by atoms with Crippen molar-refractivity contribution in [1.29, 1.82) is 0 Å². The topological polar surface area (TPSA) is 57.6 Å². The number of hydrogen-bond donors (Lipinski definition) is 1. The van der Waals surface area contributed by atoms with Gasteiger partial charge in [-0.25, -0.2) is 4.79 Å². The Hall–Kier alpha value is -1.32. The van der Waals surface area contributed by atoms with Crippen molar-refractivity contribution in [3.63, 3.8) is 0 Å². The molecule has 2 atom stereocenters. The lowest BCUT2D eigenvalue weighted by atomic mass is 9.97. The molecule has 2 bridgehead atoms. The molecule has 0 aliphatic carbocycles. The molecular weight excluding hydrogens is 194 g/mol. The highest BCUT2D eigenvalue weighted by molar-refractivity contribution is 5.95. The van der Waals surface area contributed by atoms with E-state index in [-0.39, 0.29) is 17.9 Å². The van der Waals surface area contributed by atoms with E-state index in [2.05, 4.69) is 0 Å². The minimum absolute atomic E-state index is 0.00815. The van der Waals surface area contributed by atoms with Crippen molar-refractivity contribution in [2.75, 3.05) is 0 Å². The van der Waals surface area contributed by atoms with Crippen LogP contribution in [0.15, 0.2) is 11.6 Å². The summed E-state index contributed by atoms with van der Waals surface area (Å²) in [6, 6.07) is -0.0758. The van der Waals surface area contributed by atoms with E-state index in [1.807, 2.05) is 6.08 Å². The van der Waals surface area contributed by atoms with E-state index in [1.165, 1.54) is 11.8 Å². The summed E-state index contributed by atoms with van der Waals surface area (Å²) in [6.45, 7) is 1.52. The molecule has 0 unspecified atom stereocenters. The molecule has 0 aromatic heterocycles. The first-order valence-electron chi connectivity index (χ1n) is 5.33. The first-order valence-corrected chi connectivity index (χ1v) is 5.33. The van der Waals surface area contributed by atoms with Crippen molar-refractivity contribution >= 4 is 11.9 Å². The maximum Gasteiger partial charge on any atom is 0.408 e. The van der Waals surface area contributed by atoms with Crippen LogP contribution in [0.5, 0.6) is 0 Å². The zero-order valence-electron chi connectivity index (χ0n) is 8.77. The number of ketones is 1. The maximum absolute atomic E-state index is 11.4. The third kappa shape index (κ3) is 1.64. The Kier molecular flexibility index (Phi) is 2.50. The lowest BCUT2D eigenvalue weighted by molar-refractivity contribution is -0.114. The van der Waals surface area contributed by atoms with Gasteiger partial charge in [-0.15, -0.1) is 0 Å². The van der Waals surface area contributed by atoms with Crippen LogP contribution < -0.4 is 0 Å². The van der Waals surface area contributed by atoms with Crippen LogP contribution in [-0.4, -0.2) is 34.0 Å². The van der Waals surface area contributed by atoms with Crippen molar-refractivity contribution < 1.29 is 14.7 Å². The van der Waals surface area contributed by atoms with E-state index in [9.17, 15) is 9.59 Å². The van der Waals surface area contributed by atoms with Gasteiger partial charge in [0.05, 0.1) is 6.04 Å². The summed E-state index contributed by atoms with van der Waals surface area (Å²) in [5, 5.41) is 9.13. The predicted molar refractivity (Wildman–Crippen MR) is 54.7 cm³/mol. The molecule has 1 fully saturated rings. The summed E-state index contributed by atoms with van der Waals surface area (Å²) in [4.78, 5) is 24.0. The number of carbonyl (C=O) groups excluding carboxylic acids is 1. The van der Waals surface area contributed by atoms with E-state index in [0.717, 1.165) is 25.7 Å². The molecule has 4 heteroatoms. The number of hydrogen-bond acceptors (Lipinski definition) is 2. The molecule has 1 amide bonds. The molecule has 2 heterocycles. The van der Waals surface area contributed by atoms with Crippen molar-refractivity contribution in [3.8, 4) is 0 Å². The van der Waals surface area contributed by atoms with Gasteiger partial charge in [0, 0.05) is 11.6 Å². The van der Waals surface area contributed by atoms with Gasteiger partial charge in [-0.05, 0) is 32.6 Å². The summed E-state index contributed by atoms with van der Waals surface area (Å²) >= 11 is 0. The van der Waals surface area contributed by atoms with Crippen LogP contribution in [0, 0.1) is 0 Å². The van der Waals surface area contributed by atoms with Crippen molar-refractivity contribution in [1.82, 2.24) is 4.90 Å². The molecule has 2 aliphatic rings. The lowest BCUT2D eigenvalue weighted by Gasteiger charge is -2.26. The van der Waals surface area contributed by atoms with Crippen LogP contribution in [-0.2, 0) is 4.79 Å². The summed E-state index contributed by atoms with van der Waals surface area (Å²) in [6.07, 6.45) is 4.38. The average Bonchev–Trinajstić information content (AvgIpc) is 2.41. The number of Topliss-reactive ketones (excluding diaryl/α,β-unsaturated/α-hetero) is 1. The highest BCUT2D eigenvalue weighted by Crippen LogP contribution is 2.34. The number of rotatable bonds is 1. The Balaban J connectivity index is 2.33. The fourth-order valence-electron chi connectivity index (χ4n) is 2.71. The SMILES string of the molecule is CC(=O)C1=CCC[C@H]2CC[C@@H]1N2C(=O)O. The second kappa shape index (κ2) is 3.68. The van der Waals surface area contributed by atoms with E-state index >= 15 is 0 Å². The average molecular weight is 209 g/mol. The molecule has 0 aromatic rings. The number of fused-ring (bicyclic) bond motifs is 2. The molecule has 2 aliphatic heterocycles. The Morgan fingerprint density at radius 1 is 1.40 bits per heavy atom. The van der Waals surface area contributed by atoms with Gasteiger partial charge < -0.3 is 5.11 Å². The fourth-order valence-corrected chi connectivity index (χ4v) is 2.71. The number of carbonyl (C=O) groups is 2. The van der Waals surface area contributed by atoms with Gasteiger partial charge in [-0.3, -0.25) is 9.69 Å². The van der Waals surface area contributed by atoms with E-state index in [0.29, 0.717) is 5.57 Å². The Morgan fingerprint density at radius 3 is 2.73 bits per heavy atom.